The van der Waals surface area contributed by atoms with Gasteiger partial charge in [0.2, 0.25) is 0 Å². The monoisotopic (exact) mass is 670 g/mol. The molecule has 17 heteroatoms. The van der Waals surface area contributed by atoms with Crippen molar-refractivity contribution in [2.24, 2.45) is 0 Å². The van der Waals surface area contributed by atoms with Crippen molar-refractivity contribution in [1.29, 1.82) is 0 Å². The highest BCUT2D eigenvalue weighted by atomic mass is 127. The van der Waals surface area contributed by atoms with E-state index in [0.29, 0.717) is 19.3 Å². The van der Waals surface area contributed by atoms with E-state index in [4.69, 9.17) is 9.84 Å². The standard InChI is InChI=1S/C19H23F12IO4/c1-12(11-35-9-5-3-2-4-8-33)13(34)36-10-6-7-14(20,21)15(22,23)16(24,25)17(26,27)18(28,29)19(30,31)32/h33H,1-11H2. The van der Waals surface area contributed by atoms with Crippen molar-refractivity contribution < 1.29 is 72.1 Å². The van der Waals surface area contributed by atoms with Crippen LogP contribution in [0.15, 0.2) is 12.2 Å². The highest BCUT2D eigenvalue weighted by Gasteiger charge is 2.89. The molecule has 0 atom stereocenters. The van der Waals surface area contributed by atoms with E-state index in [2.05, 4.69) is 11.3 Å². The Kier molecular flexibility index (Phi) is 12.8. The van der Waals surface area contributed by atoms with Gasteiger partial charge in [0.1, 0.15) is 0 Å². The number of aliphatic hydroxyl groups excluding tert-OH is 1. The van der Waals surface area contributed by atoms with Gasteiger partial charge in [-0.25, -0.2) is 4.79 Å². The number of hydrogen-bond acceptors (Lipinski definition) is 4. The molecule has 0 aromatic heterocycles. The Balaban J connectivity index is 4.93. The van der Waals surface area contributed by atoms with Crippen molar-refractivity contribution in [2.45, 2.75) is 72.1 Å². The van der Waals surface area contributed by atoms with Gasteiger partial charge in [-0.1, -0.05) is 19.4 Å². The molecule has 0 aromatic carbocycles. The van der Waals surface area contributed by atoms with Gasteiger partial charge in [-0.15, -0.1) is 0 Å². The van der Waals surface area contributed by atoms with Crippen LogP contribution in [-0.2, 0) is 14.3 Å². The first-order valence-electron chi connectivity index (χ1n) is 10.1. The van der Waals surface area contributed by atoms with Crippen LogP contribution in [0.1, 0.15) is 38.5 Å². The smallest absolute Gasteiger partial charge is 0.387 e. The molecule has 0 heterocycles. The average Bonchev–Trinajstić information content (AvgIpc) is 2.74. The van der Waals surface area contributed by atoms with Crippen LogP contribution in [0.5, 0.6) is 0 Å². The molecule has 0 rings (SSSR count). The van der Waals surface area contributed by atoms with Gasteiger partial charge in [-0.05, 0) is 19.3 Å². The van der Waals surface area contributed by atoms with E-state index in [9.17, 15) is 57.5 Å². The summed E-state index contributed by atoms with van der Waals surface area (Å²) < 4.78 is 164. The molecule has 0 fully saturated rings. The van der Waals surface area contributed by atoms with Gasteiger partial charge in [0.25, 0.3) is 0 Å². The second kappa shape index (κ2) is 13.2. The Bertz CT molecular complexity index is 726. The van der Waals surface area contributed by atoms with E-state index in [1.807, 2.05) is 0 Å². The van der Waals surface area contributed by atoms with E-state index < -0.39 is 81.6 Å². The number of carbonyl (C=O) groups is 1. The lowest BCUT2D eigenvalue weighted by molar-refractivity contribution is -0.414. The molecule has 0 aromatic rings. The van der Waals surface area contributed by atoms with Crippen molar-refractivity contribution in [2.75, 3.05) is 26.4 Å². The van der Waals surface area contributed by atoms with E-state index in [-0.39, 0.29) is 25.4 Å². The lowest BCUT2D eigenvalue weighted by Crippen LogP contribution is -2.69. The summed E-state index contributed by atoms with van der Waals surface area (Å²) in [5, 5.41) is 8.61. The minimum atomic E-state index is -7.61. The molecule has 0 unspecified atom stereocenters. The lowest BCUT2D eigenvalue weighted by Gasteiger charge is -2.40. The zero-order valence-corrected chi connectivity index (χ0v) is 20.5. The first-order chi connectivity index (χ1) is 16.1. The first-order valence-corrected chi connectivity index (χ1v) is 11.2. The Morgan fingerprint density at radius 1 is 0.722 bits per heavy atom. The number of esters is 1. The Morgan fingerprint density at radius 3 is 1.72 bits per heavy atom. The predicted molar refractivity (Wildman–Crippen MR) is 109 cm³/mol. The van der Waals surface area contributed by atoms with Crippen molar-refractivity contribution in [3.63, 3.8) is 0 Å². The number of ether oxygens (including phenoxy) is 2. The number of carbonyl (C=O) groups excluding carboxylic acids is 1. The van der Waals surface area contributed by atoms with Crippen LogP contribution in [-0.4, -0.2) is 71.0 Å². The SMILES string of the molecule is C=C(COCCCCCCO)C(=O)OCCCC(F)(F)C(F)(F)C(F)(F)C(F)(F)C(F)(F)C(F)(F)I. The largest absolute Gasteiger partial charge is 0.462 e. The summed E-state index contributed by atoms with van der Waals surface area (Å²) >= 11 is -0.712. The van der Waals surface area contributed by atoms with Crippen LogP contribution in [0.4, 0.5) is 52.7 Å². The molecule has 0 spiro atoms. The molecular formula is C19H23F12IO4. The zero-order valence-electron chi connectivity index (χ0n) is 18.4. The molecule has 4 nitrogen and oxygen atoms in total. The fraction of sp³-hybridized carbons (Fsp3) is 0.842. The summed E-state index contributed by atoms with van der Waals surface area (Å²) in [6, 6.07) is 0. The maximum Gasteiger partial charge on any atom is 0.387 e. The van der Waals surface area contributed by atoms with E-state index in [0.717, 1.165) is 6.42 Å². The summed E-state index contributed by atoms with van der Waals surface area (Å²) in [5.74, 6) is -36.9. The van der Waals surface area contributed by atoms with Crippen LogP contribution < -0.4 is 0 Å². The zero-order chi connectivity index (χ0) is 28.6. The van der Waals surface area contributed by atoms with Crippen LogP contribution in [0.2, 0.25) is 0 Å². The first kappa shape index (κ1) is 35.0. The fourth-order valence-corrected chi connectivity index (χ4v) is 2.78. The molecule has 0 bridgehead atoms. The van der Waals surface area contributed by atoms with Crippen LogP contribution in [0.3, 0.4) is 0 Å². The van der Waals surface area contributed by atoms with E-state index in [1.54, 1.807) is 0 Å². The third-order valence-corrected chi connectivity index (χ3v) is 5.31. The predicted octanol–water partition coefficient (Wildman–Crippen LogP) is 6.64. The number of alkyl halides is 13. The molecule has 0 aliphatic carbocycles. The summed E-state index contributed by atoms with van der Waals surface area (Å²) in [4.78, 5) is 11.6. The van der Waals surface area contributed by atoms with Gasteiger partial charge < -0.3 is 14.6 Å². The Hall–Kier alpha value is -0.980. The molecule has 0 saturated heterocycles. The van der Waals surface area contributed by atoms with Crippen LogP contribution in [0.25, 0.3) is 0 Å². The normalized spacial score (nSPS) is 14.2. The molecule has 36 heavy (non-hydrogen) atoms. The summed E-state index contributed by atoms with van der Waals surface area (Å²) in [5.41, 5.74) is -0.337. The second-order valence-corrected chi connectivity index (χ2v) is 8.89. The van der Waals surface area contributed by atoms with Gasteiger partial charge in [-0.2, -0.15) is 52.7 Å². The summed E-state index contributed by atoms with van der Waals surface area (Å²) in [7, 11) is 0. The molecule has 214 valence electrons. The molecule has 0 saturated carbocycles. The Labute approximate surface area is 211 Å². The molecule has 0 radical (unpaired) electrons. The topological polar surface area (TPSA) is 55.8 Å². The number of halogens is 13. The highest BCUT2D eigenvalue weighted by Crippen LogP contribution is 2.61. The summed E-state index contributed by atoms with van der Waals surface area (Å²) in [6.45, 7) is 1.97. The highest BCUT2D eigenvalue weighted by molar-refractivity contribution is 14.1. The minimum absolute atomic E-state index is 0.0232. The maximum absolute atomic E-state index is 13.7. The second-order valence-electron chi connectivity index (χ2n) is 7.53. The van der Waals surface area contributed by atoms with Crippen LogP contribution in [0, 0.1) is 0 Å². The third kappa shape index (κ3) is 8.01. The number of rotatable bonds is 18. The van der Waals surface area contributed by atoms with E-state index in [1.165, 1.54) is 0 Å². The quantitative estimate of drug-likeness (QED) is 0.0444. The van der Waals surface area contributed by atoms with Crippen LogP contribution >= 0.6 is 22.6 Å². The van der Waals surface area contributed by atoms with Crippen molar-refractivity contribution >= 4 is 28.6 Å². The van der Waals surface area contributed by atoms with Crippen molar-refractivity contribution in [3.05, 3.63) is 12.2 Å². The van der Waals surface area contributed by atoms with Gasteiger partial charge in [0.05, 0.1) is 18.8 Å². The van der Waals surface area contributed by atoms with Gasteiger partial charge >= 0.3 is 39.5 Å². The third-order valence-electron chi connectivity index (χ3n) is 4.63. The van der Waals surface area contributed by atoms with Gasteiger partial charge in [-0.3, -0.25) is 0 Å². The molecule has 0 aliphatic heterocycles. The fourth-order valence-electron chi connectivity index (χ4n) is 2.44. The van der Waals surface area contributed by atoms with Gasteiger partial charge in [0.15, 0.2) is 0 Å². The summed E-state index contributed by atoms with van der Waals surface area (Å²) in [6.07, 6.45) is -1.10. The van der Waals surface area contributed by atoms with Crippen molar-refractivity contribution in [3.8, 4) is 0 Å². The number of unbranched alkanes of at least 4 members (excludes halogenated alkanes) is 3. The van der Waals surface area contributed by atoms with Gasteiger partial charge in [0, 0.05) is 42.2 Å². The molecule has 0 amide bonds. The van der Waals surface area contributed by atoms with E-state index >= 15 is 0 Å². The lowest BCUT2D eigenvalue weighted by atomic mass is 9.92. The Morgan fingerprint density at radius 2 is 1.22 bits per heavy atom. The maximum atomic E-state index is 13.7. The average molecular weight is 670 g/mol. The minimum Gasteiger partial charge on any atom is -0.462 e. The number of hydrogen-bond donors (Lipinski definition) is 1. The van der Waals surface area contributed by atoms with Crippen molar-refractivity contribution in [1.82, 2.24) is 0 Å². The molecular weight excluding hydrogens is 647 g/mol. The molecule has 1 N–H and O–H groups in total. The molecule has 0 aliphatic rings. The number of aliphatic hydroxyl groups is 1.